The van der Waals surface area contributed by atoms with Crippen molar-refractivity contribution in [2.45, 2.75) is 38.1 Å². The number of aliphatic imine (C=N–C) groups is 1. The predicted octanol–water partition coefficient (Wildman–Crippen LogP) is 2.38. The molecule has 3 fully saturated rings. The van der Waals surface area contributed by atoms with Gasteiger partial charge in [0.15, 0.2) is 5.96 Å². The molecule has 7 nitrogen and oxygen atoms in total. The van der Waals surface area contributed by atoms with E-state index >= 15 is 0 Å². The zero-order valence-corrected chi connectivity index (χ0v) is 21.7. The third kappa shape index (κ3) is 6.73. The molecule has 1 aliphatic carbocycles. The molecule has 1 unspecified atom stereocenters. The van der Waals surface area contributed by atoms with Crippen LogP contribution in [0.1, 0.15) is 32.1 Å². The first-order chi connectivity index (χ1) is 15.2. The van der Waals surface area contributed by atoms with Crippen LogP contribution >= 0.6 is 24.0 Å². The van der Waals surface area contributed by atoms with Gasteiger partial charge >= 0.3 is 0 Å². The molecule has 1 amide bonds. The van der Waals surface area contributed by atoms with E-state index in [1.54, 1.807) is 0 Å². The fourth-order valence-corrected chi connectivity index (χ4v) is 4.79. The van der Waals surface area contributed by atoms with E-state index in [1.165, 1.54) is 24.9 Å². The maximum absolute atomic E-state index is 12.4. The number of nitrogens with one attached hydrogen (secondary N) is 2. The van der Waals surface area contributed by atoms with Gasteiger partial charge in [0.25, 0.3) is 0 Å². The van der Waals surface area contributed by atoms with Gasteiger partial charge in [-0.15, -0.1) is 24.0 Å². The maximum Gasteiger partial charge on any atom is 0.225 e. The Balaban J connectivity index is 0.00000289. The molecule has 8 heteroatoms. The summed E-state index contributed by atoms with van der Waals surface area (Å²) in [6.07, 6.45) is 5.77. The normalized spacial score (nSPS) is 22.7. The van der Waals surface area contributed by atoms with Crippen LogP contribution in [0.15, 0.2) is 35.3 Å². The van der Waals surface area contributed by atoms with Crippen LogP contribution in [-0.4, -0.2) is 87.1 Å². The van der Waals surface area contributed by atoms with Crippen LogP contribution < -0.4 is 15.5 Å². The molecular formula is C24H39IN6O. The van der Waals surface area contributed by atoms with Crippen molar-refractivity contribution in [1.82, 2.24) is 20.4 Å². The Morgan fingerprint density at radius 2 is 1.78 bits per heavy atom. The lowest BCUT2D eigenvalue weighted by molar-refractivity contribution is -0.139. The standard InChI is InChI=1S/C24H38N6O.HI/c1-25-24(27-21-9-6-13-30(19-21)22-10-3-2-4-11-22)26-12-14-28-15-17-29(18-16-28)23(31)20-7-5-8-20;/h2-4,10-11,20-21H,5-9,12-19H2,1H3,(H2,25,26,27);1H. The number of carbonyl (C=O) groups is 1. The summed E-state index contributed by atoms with van der Waals surface area (Å²) in [4.78, 5) is 23.8. The third-order valence-electron chi connectivity index (χ3n) is 6.97. The van der Waals surface area contributed by atoms with Gasteiger partial charge in [0.2, 0.25) is 5.91 Å². The summed E-state index contributed by atoms with van der Waals surface area (Å²) in [6.45, 7) is 7.66. The predicted molar refractivity (Wildman–Crippen MR) is 142 cm³/mol. The minimum absolute atomic E-state index is 0. The fraction of sp³-hybridized carbons (Fsp3) is 0.667. The molecular weight excluding hydrogens is 515 g/mol. The summed E-state index contributed by atoms with van der Waals surface area (Å²) in [7, 11) is 1.85. The summed E-state index contributed by atoms with van der Waals surface area (Å²) in [5.41, 5.74) is 1.30. The molecule has 2 N–H and O–H groups in total. The molecule has 2 saturated heterocycles. The second-order valence-corrected chi connectivity index (χ2v) is 9.06. The molecule has 1 saturated carbocycles. The molecule has 0 radical (unpaired) electrons. The van der Waals surface area contributed by atoms with Crippen LogP contribution in [0.5, 0.6) is 0 Å². The van der Waals surface area contributed by atoms with E-state index in [1.807, 2.05) is 7.05 Å². The van der Waals surface area contributed by atoms with Crippen LogP contribution in [0.3, 0.4) is 0 Å². The molecule has 3 aliphatic rings. The van der Waals surface area contributed by atoms with E-state index in [0.717, 1.165) is 71.2 Å². The summed E-state index contributed by atoms with van der Waals surface area (Å²) in [6, 6.07) is 11.1. The van der Waals surface area contributed by atoms with Crippen molar-refractivity contribution < 1.29 is 4.79 Å². The van der Waals surface area contributed by atoms with Gasteiger partial charge in [-0.25, -0.2) is 0 Å². The second kappa shape index (κ2) is 12.6. The van der Waals surface area contributed by atoms with Gasteiger partial charge < -0.3 is 20.4 Å². The van der Waals surface area contributed by atoms with E-state index in [0.29, 0.717) is 17.9 Å². The monoisotopic (exact) mass is 554 g/mol. The van der Waals surface area contributed by atoms with E-state index in [2.05, 4.69) is 60.7 Å². The lowest BCUT2D eigenvalue weighted by Gasteiger charge is -2.38. The zero-order valence-electron chi connectivity index (χ0n) is 19.3. The van der Waals surface area contributed by atoms with E-state index in [-0.39, 0.29) is 24.0 Å². The van der Waals surface area contributed by atoms with Crippen LogP contribution in [0.2, 0.25) is 0 Å². The van der Waals surface area contributed by atoms with Crippen molar-refractivity contribution in [2.24, 2.45) is 10.9 Å². The highest BCUT2D eigenvalue weighted by Crippen LogP contribution is 2.28. The Bertz CT molecular complexity index is 733. The molecule has 178 valence electrons. The van der Waals surface area contributed by atoms with Crippen molar-refractivity contribution >= 4 is 41.5 Å². The van der Waals surface area contributed by atoms with E-state index < -0.39 is 0 Å². The Kier molecular flexibility index (Phi) is 9.90. The van der Waals surface area contributed by atoms with Crippen molar-refractivity contribution in [1.29, 1.82) is 0 Å². The number of anilines is 1. The number of guanidine groups is 1. The van der Waals surface area contributed by atoms with Crippen molar-refractivity contribution in [3.8, 4) is 0 Å². The molecule has 0 bridgehead atoms. The second-order valence-electron chi connectivity index (χ2n) is 9.06. The average Bonchev–Trinajstić information content (AvgIpc) is 2.78. The number of piperidine rings is 1. The quantitative estimate of drug-likeness (QED) is 0.322. The van der Waals surface area contributed by atoms with Gasteiger partial charge in [-0.2, -0.15) is 0 Å². The Hall–Kier alpha value is -1.55. The Labute approximate surface area is 210 Å². The smallest absolute Gasteiger partial charge is 0.225 e. The summed E-state index contributed by atoms with van der Waals surface area (Å²) >= 11 is 0. The SMILES string of the molecule is CN=C(NCCN1CCN(C(=O)C2CCC2)CC1)NC1CCCN(c2ccccc2)C1.I. The Morgan fingerprint density at radius 1 is 1.03 bits per heavy atom. The topological polar surface area (TPSA) is 63.2 Å². The summed E-state index contributed by atoms with van der Waals surface area (Å²) in [5.74, 6) is 1.60. The van der Waals surface area contributed by atoms with Crippen LogP contribution in [0, 0.1) is 5.92 Å². The number of carbonyl (C=O) groups excluding carboxylic acids is 1. The number of halogens is 1. The molecule has 0 aromatic heterocycles. The number of benzene rings is 1. The van der Waals surface area contributed by atoms with Gasteiger partial charge in [-0.1, -0.05) is 24.6 Å². The van der Waals surface area contributed by atoms with Crippen molar-refractivity contribution in [3.05, 3.63) is 30.3 Å². The summed E-state index contributed by atoms with van der Waals surface area (Å²) < 4.78 is 0. The van der Waals surface area contributed by atoms with Crippen LogP contribution in [0.25, 0.3) is 0 Å². The molecule has 1 aromatic carbocycles. The summed E-state index contributed by atoms with van der Waals surface area (Å²) in [5, 5.41) is 7.10. The van der Waals surface area contributed by atoms with Gasteiger partial charge in [0, 0.05) is 77.1 Å². The Morgan fingerprint density at radius 3 is 2.44 bits per heavy atom. The highest BCUT2D eigenvalue weighted by atomic mass is 127. The highest BCUT2D eigenvalue weighted by Gasteiger charge is 2.31. The van der Waals surface area contributed by atoms with E-state index in [4.69, 9.17) is 0 Å². The fourth-order valence-electron chi connectivity index (χ4n) is 4.79. The number of para-hydroxylation sites is 1. The first kappa shape index (κ1) is 25.1. The van der Waals surface area contributed by atoms with Crippen molar-refractivity contribution in [3.63, 3.8) is 0 Å². The molecule has 32 heavy (non-hydrogen) atoms. The number of rotatable bonds is 6. The van der Waals surface area contributed by atoms with Crippen molar-refractivity contribution in [2.75, 3.05) is 64.3 Å². The molecule has 4 rings (SSSR count). The van der Waals surface area contributed by atoms with Crippen LogP contribution in [-0.2, 0) is 4.79 Å². The number of nitrogens with zero attached hydrogens (tertiary/aromatic N) is 4. The molecule has 0 spiro atoms. The maximum atomic E-state index is 12.4. The highest BCUT2D eigenvalue weighted by molar-refractivity contribution is 14.0. The number of piperazine rings is 1. The van der Waals surface area contributed by atoms with Gasteiger partial charge in [-0.05, 0) is 37.8 Å². The lowest BCUT2D eigenvalue weighted by Crippen LogP contribution is -2.54. The zero-order chi connectivity index (χ0) is 21.5. The first-order valence-electron chi connectivity index (χ1n) is 12.0. The molecule has 1 aromatic rings. The minimum Gasteiger partial charge on any atom is -0.369 e. The average molecular weight is 555 g/mol. The third-order valence-corrected chi connectivity index (χ3v) is 6.97. The number of amides is 1. The van der Waals surface area contributed by atoms with Crippen LogP contribution in [0.4, 0.5) is 5.69 Å². The van der Waals surface area contributed by atoms with Gasteiger partial charge in [-0.3, -0.25) is 14.7 Å². The largest absolute Gasteiger partial charge is 0.369 e. The minimum atomic E-state index is 0. The molecule has 1 atom stereocenters. The van der Waals surface area contributed by atoms with Gasteiger partial charge in [0.05, 0.1) is 0 Å². The number of hydrogen-bond donors (Lipinski definition) is 2. The number of hydrogen-bond acceptors (Lipinski definition) is 4. The van der Waals surface area contributed by atoms with E-state index in [9.17, 15) is 4.79 Å². The first-order valence-corrected chi connectivity index (χ1v) is 12.0. The van der Waals surface area contributed by atoms with Gasteiger partial charge in [0.1, 0.15) is 0 Å². The lowest BCUT2D eigenvalue weighted by atomic mass is 9.84. The molecule has 2 heterocycles. The molecule has 2 aliphatic heterocycles.